The maximum Gasteiger partial charge on any atom is 0.294 e. The number of aliphatic hydroxyl groups excluding tert-OH is 1. The number of benzene rings is 1. The van der Waals surface area contributed by atoms with Crippen LogP contribution in [0.15, 0.2) is 75.9 Å². The van der Waals surface area contributed by atoms with Gasteiger partial charge in [0, 0.05) is 10.6 Å². The lowest BCUT2D eigenvalue weighted by Crippen LogP contribution is -2.30. The molecule has 3 heterocycles. The van der Waals surface area contributed by atoms with E-state index < -0.39 is 23.5 Å². The summed E-state index contributed by atoms with van der Waals surface area (Å²) in [5.41, 5.74) is 0.567. The Hall–Kier alpha value is -3.32. The first kappa shape index (κ1) is 18.1. The van der Waals surface area contributed by atoms with Gasteiger partial charge >= 0.3 is 0 Å². The van der Waals surface area contributed by atoms with E-state index in [1.807, 2.05) is 24.4 Å². The minimum atomic E-state index is -0.733. The third-order valence-electron chi connectivity index (χ3n) is 4.44. The predicted molar refractivity (Wildman–Crippen MR) is 105 cm³/mol. The van der Waals surface area contributed by atoms with Crippen LogP contribution < -0.4 is 9.64 Å². The molecular formula is C21H17NO5S. The average molecular weight is 395 g/mol. The molecule has 1 aliphatic heterocycles. The molecule has 0 spiro atoms. The molecule has 0 fully saturated rings. The molecule has 1 amide bonds. The van der Waals surface area contributed by atoms with E-state index in [0.717, 1.165) is 4.88 Å². The summed E-state index contributed by atoms with van der Waals surface area (Å²) in [5.74, 6) is -0.951. The van der Waals surface area contributed by atoms with Crippen molar-refractivity contribution >= 4 is 28.7 Å². The van der Waals surface area contributed by atoms with Gasteiger partial charge in [0.05, 0.1) is 18.4 Å². The Morgan fingerprint density at radius 1 is 1.21 bits per heavy atom. The summed E-state index contributed by atoms with van der Waals surface area (Å²) in [6, 6.07) is 13.0. The first-order chi connectivity index (χ1) is 13.6. The number of rotatable bonds is 6. The summed E-state index contributed by atoms with van der Waals surface area (Å²) in [4.78, 5) is 28.1. The maximum atomic E-state index is 13.0. The van der Waals surface area contributed by atoms with Crippen molar-refractivity contribution in [1.82, 2.24) is 0 Å². The zero-order valence-corrected chi connectivity index (χ0v) is 15.8. The van der Waals surface area contributed by atoms with Crippen LogP contribution in [0.1, 0.15) is 28.4 Å². The van der Waals surface area contributed by atoms with Crippen molar-refractivity contribution in [2.45, 2.75) is 13.0 Å². The predicted octanol–water partition coefficient (Wildman–Crippen LogP) is 4.52. The maximum absolute atomic E-state index is 13.0. The summed E-state index contributed by atoms with van der Waals surface area (Å²) >= 11 is 1.41. The van der Waals surface area contributed by atoms with Gasteiger partial charge in [0.25, 0.3) is 5.91 Å². The summed E-state index contributed by atoms with van der Waals surface area (Å²) in [6.45, 7) is 2.42. The zero-order valence-electron chi connectivity index (χ0n) is 15.0. The van der Waals surface area contributed by atoms with E-state index >= 15 is 0 Å². The summed E-state index contributed by atoms with van der Waals surface area (Å²) in [6.07, 6.45) is 1.38. The topological polar surface area (TPSA) is 80.0 Å². The fraction of sp³-hybridized carbons (Fsp3) is 0.143. The van der Waals surface area contributed by atoms with Gasteiger partial charge in [-0.25, -0.2) is 0 Å². The van der Waals surface area contributed by atoms with Crippen molar-refractivity contribution in [2.75, 3.05) is 11.5 Å². The normalized spacial score (nSPS) is 16.7. The molecule has 0 bridgehead atoms. The number of nitrogens with zero attached hydrogens (tertiary/aromatic N) is 1. The van der Waals surface area contributed by atoms with Gasteiger partial charge in [0.1, 0.15) is 11.8 Å². The SMILES string of the molecule is CCOc1ccc(N2C(=O)C(O)=C(C(=O)c3ccco3)C2c2cccs2)cc1. The van der Waals surface area contributed by atoms with Crippen LogP contribution in [0.4, 0.5) is 5.69 Å². The lowest BCUT2D eigenvalue weighted by molar-refractivity contribution is -0.117. The fourth-order valence-electron chi connectivity index (χ4n) is 3.23. The molecule has 1 N–H and O–H groups in total. The number of aliphatic hydroxyl groups is 1. The van der Waals surface area contributed by atoms with Crippen LogP contribution in [0.5, 0.6) is 5.75 Å². The molecule has 0 saturated carbocycles. The van der Waals surface area contributed by atoms with Gasteiger partial charge < -0.3 is 14.3 Å². The highest BCUT2D eigenvalue weighted by Gasteiger charge is 2.45. The number of ketones is 1. The molecular weight excluding hydrogens is 378 g/mol. The highest BCUT2D eigenvalue weighted by Crippen LogP contribution is 2.43. The number of hydrogen-bond acceptors (Lipinski definition) is 6. The number of furan rings is 1. The van der Waals surface area contributed by atoms with E-state index in [0.29, 0.717) is 18.0 Å². The molecule has 28 heavy (non-hydrogen) atoms. The third kappa shape index (κ3) is 2.99. The Labute approximate surface area is 165 Å². The largest absolute Gasteiger partial charge is 0.503 e. The standard InChI is InChI=1S/C21H17NO5S/c1-2-26-14-9-7-13(8-10-14)22-18(16-6-4-12-28-16)17(20(24)21(22)25)19(23)15-5-3-11-27-15/h3-12,18,24H,2H2,1H3. The summed E-state index contributed by atoms with van der Waals surface area (Å²) in [7, 11) is 0. The highest BCUT2D eigenvalue weighted by atomic mass is 32.1. The molecule has 0 aliphatic carbocycles. The first-order valence-corrected chi connectivity index (χ1v) is 9.61. The number of thiophene rings is 1. The second-order valence-electron chi connectivity index (χ2n) is 6.09. The van der Waals surface area contributed by atoms with Gasteiger partial charge in [0.2, 0.25) is 5.78 Å². The molecule has 7 heteroatoms. The number of amides is 1. The van der Waals surface area contributed by atoms with E-state index in [2.05, 4.69) is 0 Å². The van der Waals surface area contributed by atoms with Gasteiger partial charge in [-0.1, -0.05) is 6.07 Å². The van der Waals surface area contributed by atoms with E-state index in [4.69, 9.17) is 9.15 Å². The van der Waals surface area contributed by atoms with Crippen LogP contribution in [0.2, 0.25) is 0 Å². The van der Waals surface area contributed by atoms with Crippen LogP contribution in [0.25, 0.3) is 0 Å². The van der Waals surface area contributed by atoms with Gasteiger partial charge in [0.15, 0.2) is 11.5 Å². The Morgan fingerprint density at radius 3 is 2.61 bits per heavy atom. The van der Waals surface area contributed by atoms with Gasteiger partial charge in [-0.15, -0.1) is 11.3 Å². The van der Waals surface area contributed by atoms with Crippen molar-refractivity contribution < 1.29 is 23.8 Å². The van der Waals surface area contributed by atoms with Gasteiger partial charge in [-0.2, -0.15) is 0 Å². The number of anilines is 1. The lowest BCUT2D eigenvalue weighted by Gasteiger charge is -2.25. The van der Waals surface area contributed by atoms with Gasteiger partial charge in [-0.3, -0.25) is 14.5 Å². The van der Waals surface area contributed by atoms with Crippen LogP contribution >= 0.6 is 11.3 Å². The quantitative estimate of drug-likeness (QED) is 0.621. The minimum absolute atomic E-state index is 0.0104. The number of hydrogen-bond donors (Lipinski definition) is 1. The van der Waals surface area contributed by atoms with Crippen molar-refractivity contribution in [2.24, 2.45) is 0 Å². The Bertz CT molecular complexity index is 1020. The summed E-state index contributed by atoms with van der Waals surface area (Å²) in [5, 5.41) is 12.4. The number of Topliss-reactive ketones (excluding diaryl/α,β-unsaturated/α-hetero) is 1. The van der Waals surface area contributed by atoms with E-state index in [1.165, 1.54) is 28.6 Å². The zero-order chi connectivity index (χ0) is 19.7. The molecule has 1 aromatic carbocycles. The average Bonchev–Trinajstić information content (AvgIpc) is 3.45. The second kappa shape index (κ2) is 7.36. The molecule has 3 aromatic rings. The van der Waals surface area contributed by atoms with Crippen LogP contribution in [-0.2, 0) is 4.79 Å². The van der Waals surface area contributed by atoms with E-state index in [-0.39, 0.29) is 11.3 Å². The number of carbonyl (C=O) groups is 2. The lowest BCUT2D eigenvalue weighted by atomic mass is 10.00. The van der Waals surface area contributed by atoms with Crippen LogP contribution in [-0.4, -0.2) is 23.4 Å². The second-order valence-corrected chi connectivity index (χ2v) is 7.07. The first-order valence-electron chi connectivity index (χ1n) is 8.73. The minimum Gasteiger partial charge on any atom is -0.503 e. The molecule has 0 saturated heterocycles. The van der Waals surface area contributed by atoms with Crippen molar-refractivity contribution in [3.05, 3.63) is 82.1 Å². The molecule has 4 rings (SSSR count). The van der Waals surface area contributed by atoms with E-state index in [9.17, 15) is 14.7 Å². The van der Waals surface area contributed by atoms with Crippen molar-refractivity contribution in [1.29, 1.82) is 0 Å². The fourth-order valence-corrected chi connectivity index (χ4v) is 4.05. The molecule has 1 atom stereocenters. The highest BCUT2D eigenvalue weighted by molar-refractivity contribution is 7.10. The smallest absolute Gasteiger partial charge is 0.294 e. The molecule has 1 unspecified atom stereocenters. The Kier molecular flexibility index (Phi) is 4.75. The molecule has 142 valence electrons. The third-order valence-corrected chi connectivity index (χ3v) is 5.36. The molecule has 6 nitrogen and oxygen atoms in total. The Morgan fingerprint density at radius 2 is 2.00 bits per heavy atom. The van der Waals surface area contributed by atoms with Crippen LogP contribution in [0, 0.1) is 0 Å². The molecule has 0 radical (unpaired) electrons. The monoisotopic (exact) mass is 395 g/mol. The van der Waals surface area contributed by atoms with Crippen molar-refractivity contribution in [3.63, 3.8) is 0 Å². The van der Waals surface area contributed by atoms with Crippen molar-refractivity contribution in [3.8, 4) is 5.75 Å². The van der Waals surface area contributed by atoms with Gasteiger partial charge in [-0.05, 0) is 54.8 Å². The number of ether oxygens (including phenoxy) is 1. The molecule has 1 aliphatic rings. The molecule has 2 aromatic heterocycles. The number of carbonyl (C=O) groups excluding carboxylic acids is 2. The Balaban J connectivity index is 1.79. The summed E-state index contributed by atoms with van der Waals surface area (Å²) < 4.78 is 10.7. The van der Waals surface area contributed by atoms with E-state index in [1.54, 1.807) is 30.3 Å². The van der Waals surface area contributed by atoms with Crippen LogP contribution in [0.3, 0.4) is 0 Å².